The lowest BCUT2D eigenvalue weighted by Crippen LogP contribution is -2.42. The third-order valence-electron chi connectivity index (χ3n) is 2.71. The smallest absolute Gasteiger partial charge is 0.239 e. The summed E-state index contributed by atoms with van der Waals surface area (Å²) in [4.78, 5) is 13.4. The molecule has 0 spiro atoms. The topological polar surface area (TPSA) is 46.3 Å². The van der Waals surface area contributed by atoms with Crippen molar-refractivity contribution in [3.05, 3.63) is 35.9 Å². The standard InChI is InChI=1S/C13H20N2O/c1-3-12(14)13(16)15(2)10-9-11-7-5-4-6-8-11/h4-8,12H,3,9-10,14H2,1-2H3/t12-/m1/s1. The highest BCUT2D eigenvalue weighted by atomic mass is 16.2. The molecule has 1 aromatic carbocycles. The van der Waals surface area contributed by atoms with Crippen molar-refractivity contribution in [1.29, 1.82) is 0 Å². The Bertz CT molecular complexity index is 324. The van der Waals surface area contributed by atoms with Gasteiger partial charge in [0.25, 0.3) is 0 Å². The minimum Gasteiger partial charge on any atom is -0.344 e. The molecule has 0 heterocycles. The molecule has 0 unspecified atom stereocenters. The van der Waals surface area contributed by atoms with Crippen LogP contribution in [0.25, 0.3) is 0 Å². The fourth-order valence-corrected chi connectivity index (χ4v) is 1.51. The third kappa shape index (κ3) is 3.66. The molecular formula is C13H20N2O. The van der Waals surface area contributed by atoms with E-state index in [1.54, 1.807) is 11.9 Å². The van der Waals surface area contributed by atoms with Crippen LogP contribution in [0.2, 0.25) is 0 Å². The summed E-state index contributed by atoms with van der Waals surface area (Å²) in [5.41, 5.74) is 6.94. The fraction of sp³-hybridized carbons (Fsp3) is 0.462. The zero-order valence-corrected chi connectivity index (χ0v) is 10.0. The first-order valence-corrected chi connectivity index (χ1v) is 5.69. The molecule has 0 bridgehead atoms. The van der Waals surface area contributed by atoms with Gasteiger partial charge in [-0.2, -0.15) is 0 Å². The molecule has 1 atom stereocenters. The monoisotopic (exact) mass is 220 g/mol. The number of hydrogen-bond acceptors (Lipinski definition) is 2. The number of hydrogen-bond donors (Lipinski definition) is 1. The lowest BCUT2D eigenvalue weighted by Gasteiger charge is -2.20. The Morgan fingerprint density at radius 2 is 2.00 bits per heavy atom. The highest BCUT2D eigenvalue weighted by molar-refractivity contribution is 5.81. The predicted molar refractivity (Wildman–Crippen MR) is 66.0 cm³/mol. The van der Waals surface area contributed by atoms with E-state index in [0.29, 0.717) is 6.42 Å². The Morgan fingerprint density at radius 1 is 1.38 bits per heavy atom. The van der Waals surface area contributed by atoms with Gasteiger partial charge in [-0.15, -0.1) is 0 Å². The molecule has 3 nitrogen and oxygen atoms in total. The average molecular weight is 220 g/mol. The van der Waals surface area contributed by atoms with Gasteiger partial charge >= 0.3 is 0 Å². The van der Waals surface area contributed by atoms with Crippen LogP contribution in [0.5, 0.6) is 0 Å². The summed E-state index contributed by atoms with van der Waals surface area (Å²) in [6, 6.07) is 9.78. The van der Waals surface area contributed by atoms with Crippen LogP contribution in [-0.2, 0) is 11.2 Å². The predicted octanol–water partition coefficient (Wildman–Crippen LogP) is 1.42. The molecule has 0 fully saturated rings. The van der Waals surface area contributed by atoms with Gasteiger partial charge in [-0.3, -0.25) is 4.79 Å². The second kappa shape index (κ2) is 6.28. The maximum absolute atomic E-state index is 11.7. The van der Waals surface area contributed by atoms with E-state index in [1.165, 1.54) is 5.56 Å². The SMILES string of the molecule is CC[C@@H](N)C(=O)N(C)CCc1ccccc1. The quantitative estimate of drug-likeness (QED) is 0.816. The van der Waals surface area contributed by atoms with Gasteiger partial charge in [0.2, 0.25) is 5.91 Å². The summed E-state index contributed by atoms with van der Waals surface area (Å²) in [5, 5.41) is 0. The Morgan fingerprint density at radius 3 is 2.56 bits per heavy atom. The highest BCUT2D eigenvalue weighted by Crippen LogP contribution is 2.02. The molecule has 0 aliphatic heterocycles. The van der Waals surface area contributed by atoms with E-state index in [1.807, 2.05) is 25.1 Å². The molecular weight excluding hydrogens is 200 g/mol. The molecule has 2 N–H and O–H groups in total. The zero-order valence-electron chi connectivity index (χ0n) is 10.0. The van der Waals surface area contributed by atoms with Crippen LogP contribution < -0.4 is 5.73 Å². The van der Waals surface area contributed by atoms with Crippen LogP contribution in [-0.4, -0.2) is 30.4 Å². The molecule has 1 rings (SSSR count). The lowest BCUT2D eigenvalue weighted by molar-refractivity contribution is -0.131. The molecule has 0 saturated carbocycles. The van der Waals surface area contributed by atoms with E-state index in [2.05, 4.69) is 12.1 Å². The van der Waals surface area contributed by atoms with Crippen molar-refractivity contribution >= 4 is 5.91 Å². The van der Waals surface area contributed by atoms with Crippen LogP contribution in [0.1, 0.15) is 18.9 Å². The van der Waals surface area contributed by atoms with Crippen molar-refractivity contribution in [2.45, 2.75) is 25.8 Å². The Balaban J connectivity index is 2.41. The van der Waals surface area contributed by atoms with E-state index in [9.17, 15) is 4.79 Å². The van der Waals surface area contributed by atoms with Gasteiger partial charge in [0, 0.05) is 13.6 Å². The van der Waals surface area contributed by atoms with Crippen LogP contribution >= 0.6 is 0 Å². The number of carbonyl (C=O) groups excluding carboxylic acids is 1. The molecule has 3 heteroatoms. The molecule has 1 amide bonds. The normalized spacial score (nSPS) is 12.2. The highest BCUT2D eigenvalue weighted by Gasteiger charge is 2.15. The summed E-state index contributed by atoms with van der Waals surface area (Å²) in [6.07, 6.45) is 1.56. The summed E-state index contributed by atoms with van der Waals surface area (Å²) in [5.74, 6) is 0.0263. The van der Waals surface area contributed by atoms with Crippen LogP contribution in [0.4, 0.5) is 0 Å². The molecule has 0 aliphatic rings. The first-order valence-electron chi connectivity index (χ1n) is 5.69. The van der Waals surface area contributed by atoms with Crippen molar-refractivity contribution < 1.29 is 4.79 Å². The third-order valence-corrected chi connectivity index (χ3v) is 2.71. The van der Waals surface area contributed by atoms with Crippen LogP contribution in [0.3, 0.4) is 0 Å². The largest absolute Gasteiger partial charge is 0.344 e. The van der Waals surface area contributed by atoms with E-state index in [-0.39, 0.29) is 11.9 Å². The lowest BCUT2D eigenvalue weighted by atomic mass is 10.1. The molecule has 0 radical (unpaired) electrons. The maximum atomic E-state index is 11.7. The van der Waals surface area contributed by atoms with Crippen molar-refractivity contribution in [1.82, 2.24) is 4.90 Å². The van der Waals surface area contributed by atoms with Crippen molar-refractivity contribution in [3.8, 4) is 0 Å². The second-order valence-corrected chi connectivity index (χ2v) is 4.01. The Kier molecular flexibility index (Phi) is 4.99. The first-order chi connectivity index (χ1) is 7.65. The molecule has 88 valence electrons. The Hall–Kier alpha value is -1.35. The van der Waals surface area contributed by atoms with Gasteiger partial charge in [-0.1, -0.05) is 37.3 Å². The molecule has 0 aliphatic carbocycles. The molecule has 1 aromatic rings. The minimum atomic E-state index is -0.360. The van der Waals surface area contributed by atoms with Gasteiger partial charge < -0.3 is 10.6 Å². The summed E-state index contributed by atoms with van der Waals surface area (Å²) in [7, 11) is 1.81. The first kappa shape index (κ1) is 12.7. The van der Waals surface area contributed by atoms with Gasteiger partial charge in [-0.05, 0) is 18.4 Å². The van der Waals surface area contributed by atoms with Crippen molar-refractivity contribution in [2.75, 3.05) is 13.6 Å². The number of benzene rings is 1. The number of nitrogens with zero attached hydrogens (tertiary/aromatic N) is 1. The summed E-state index contributed by atoms with van der Waals surface area (Å²) in [6.45, 7) is 2.64. The van der Waals surface area contributed by atoms with E-state index in [4.69, 9.17) is 5.73 Å². The van der Waals surface area contributed by atoms with Gasteiger partial charge in [0.1, 0.15) is 0 Å². The molecule has 0 aromatic heterocycles. The number of likely N-dealkylation sites (N-methyl/N-ethyl adjacent to an activating group) is 1. The van der Waals surface area contributed by atoms with Crippen molar-refractivity contribution in [3.63, 3.8) is 0 Å². The van der Waals surface area contributed by atoms with Crippen molar-refractivity contribution in [2.24, 2.45) is 5.73 Å². The Labute approximate surface area is 97.2 Å². The zero-order chi connectivity index (χ0) is 12.0. The number of nitrogens with two attached hydrogens (primary N) is 1. The number of amides is 1. The minimum absolute atomic E-state index is 0.0263. The average Bonchev–Trinajstić information content (AvgIpc) is 2.35. The summed E-state index contributed by atoms with van der Waals surface area (Å²) >= 11 is 0. The number of rotatable bonds is 5. The number of carbonyl (C=O) groups is 1. The van der Waals surface area contributed by atoms with Gasteiger partial charge in [0.05, 0.1) is 6.04 Å². The molecule has 0 saturated heterocycles. The van der Waals surface area contributed by atoms with E-state index >= 15 is 0 Å². The fourth-order valence-electron chi connectivity index (χ4n) is 1.51. The maximum Gasteiger partial charge on any atom is 0.239 e. The molecule has 16 heavy (non-hydrogen) atoms. The van der Waals surface area contributed by atoms with E-state index < -0.39 is 0 Å². The van der Waals surface area contributed by atoms with Gasteiger partial charge in [-0.25, -0.2) is 0 Å². The van der Waals surface area contributed by atoms with Gasteiger partial charge in [0.15, 0.2) is 0 Å². The van der Waals surface area contributed by atoms with Crippen LogP contribution in [0, 0.1) is 0 Å². The van der Waals surface area contributed by atoms with Crippen LogP contribution in [0.15, 0.2) is 30.3 Å². The summed E-state index contributed by atoms with van der Waals surface area (Å²) < 4.78 is 0. The second-order valence-electron chi connectivity index (χ2n) is 4.01. The van der Waals surface area contributed by atoms with E-state index in [0.717, 1.165) is 13.0 Å².